The van der Waals surface area contributed by atoms with Crippen molar-refractivity contribution in [2.45, 2.75) is 51.7 Å². The van der Waals surface area contributed by atoms with Crippen LogP contribution in [-0.4, -0.2) is 57.0 Å². The van der Waals surface area contributed by atoms with Crippen LogP contribution in [0.1, 0.15) is 26.7 Å². The first kappa shape index (κ1) is 29.1. The Morgan fingerprint density at radius 1 is 0.897 bits per heavy atom. The van der Waals surface area contributed by atoms with Crippen LogP contribution in [0.2, 0.25) is 0 Å². The molecule has 39 heavy (non-hydrogen) atoms. The zero-order valence-corrected chi connectivity index (χ0v) is 21.3. The number of hydrogen-bond donors (Lipinski definition) is 3. The van der Waals surface area contributed by atoms with Crippen molar-refractivity contribution in [1.82, 2.24) is 20.4 Å². The number of nitrogens with zero attached hydrogens (tertiary/aromatic N) is 2. The van der Waals surface area contributed by atoms with Crippen molar-refractivity contribution in [2.75, 3.05) is 0 Å². The highest BCUT2D eigenvalue weighted by Gasteiger charge is 2.32. The number of ketones is 1. The molecule has 0 aliphatic rings. The summed E-state index contributed by atoms with van der Waals surface area (Å²) >= 11 is 0. The van der Waals surface area contributed by atoms with Crippen LogP contribution in [0, 0.1) is 5.92 Å². The minimum Gasteiger partial charge on any atom is -0.475 e. The van der Waals surface area contributed by atoms with Gasteiger partial charge in [-0.2, -0.15) is 5.10 Å². The number of carbonyl (C=O) groups is 4. The van der Waals surface area contributed by atoms with Crippen LogP contribution >= 0.6 is 0 Å². The van der Waals surface area contributed by atoms with Crippen LogP contribution in [0.3, 0.4) is 0 Å². The molecule has 0 saturated heterocycles. The fraction of sp³-hybridized carbons (Fsp3) is 0.333. The second-order valence-electron chi connectivity index (χ2n) is 9.33. The lowest BCUT2D eigenvalue weighted by Gasteiger charge is -2.23. The van der Waals surface area contributed by atoms with Crippen molar-refractivity contribution in [2.24, 2.45) is 5.92 Å². The Kier molecular flexibility index (Phi) is 9.58. The lowest BCUT2D eigenvalue weighted by atomic mass is 10.0. The molecule has 2 atom stereocenters. The third kappa shape index (κ3) is 7.53. The van der Waals surface area contributed by atoms with Gasteiger partial charge in [-0.3, -0.25) is 19.2 Å². The molecule has 1 heterocycles. The highest BCUT2D eigenvalue weighted by Crippen LogP contribution is 2.24. The van der Waals surface area contributed by atoms with Gasteiger partial charge in [0.2, 0.25) is 18.2 Å². The van der Waals surface area contributed by atoms with Gasteiger partial charge in [-0.15, -0.1) is 0 Å². The summed E-state index contributed by atoms with van der Waals surface area (Å²) in [5.74, 6) is -5.49. The van der Waals surface area contributed by atoms with Crippen LogP contribution in [0.5, 0.6) is 0 Å². The first-order chi connectivity index (χ1) is 18.5. The van der Waals surface area contributed by atoms with E-state index in [1.807, 2.05) is 11.4 Å². The van der Waals surface area contributed by atoms with Gasteiger partial charge in [-0.05, 0) is 18.4 Å². The molecule has 10 nitrogen and oxygen atoms in total. The molecule has 2 amide bonds. The first-order valence-corrected chi connectivity index (χ1v) is 12.2. The third-order valence-electron chi connectivity index (χ3n) is 5.82. The van der Waals surface area contributed by atoms with E-state index in [1.165, 1.54) is 0 Å². The highest BCUT2D eigenvalue weighted by molar-refractivity contribution is 6.35. The Morgan fingerprint density at radius 3 is 2.10 bits per heavy atom. The van der Waals surface area contributed by atoms with Crippen LogP contribution < -0.4 is 16.2 Å². The molecule has 3 N–H and O–H groups in total. The molecule has 1 aromatic heterocycles. The van der Waals surface area contributed by atoms with E-state index in [0.717, 1.165) is 4.68 Å². The molecule has 0 radical (unpaired) electrons. The number of carboxylic acids is 1. The van der Waals surface area contributed by atoms with E-state index in [9.17, 15) is 32.8 Å². The normalized spacial score (nSPS) is 12.8. The van der Waals surface area contributed by atoms with Gasteiger partial charge in [-0.25, -0.2) is 18.3 Å². The molecule has 0 fully saturated rings. The largest absolute Gasteiger partial charge is 0.475 e. The summed E-state index contributed by atoms with van der Waals surface area (Å²) < 4.78 is 26.8. The van der Waals surface area contributed by atoms with Gasteiger partial charge < -0.3 is 15.7 Å². The van der Waals surface area contributed by atoms with Crippen molar-refractivity contribution >= 4 is 34.3 Å². The quantitative estimate of drug-likeness (QED) is 0.298. The van der Waals surface area contributed by atoms with Crippen LogP contribution in [0.4, 0.5) is 8.78 Å². The molecule has 0 aliphatic carbocycles. The zero-order valence-electron chi connectivity index (χ0n) is 21.3. The van der Waals surface area contributed by atoms with Gasteiger partial charge in [0.15, 0.2) is 0 Å². The molecular formula is C27H28F2N4O6. The summed E-state index contributed by atoms with van der Waals surface area (Å²) in [5.41, 5.74) is 0.652. The van der Waals surface area contributed by atoms with Gasteiger partial charge >= 0.3 is 5.97 Å². The predicted octanol–water partition coefficient (Wildman–Crippen LogP) is 2.39. The Bertz CT molecular complexity index is 1420. The number of carboxylic acid groups (broad SMARTS) is 1. The molecule has 0 unspecified atom stereocenters. The number of carbonyl (C=O) groups excluding carboxylic acids is 3. The topological polar surface area (TPSA) is 147 Å². The molecule has 12 heteroatoms. The predicted molar refractivity (Wildman–Crippen MR) is 138 cm³/mol. The number of alkyl halides is 2. The number of halogens is 2. The number of nitrogens with one attached hydrogen (secondary N) is 2. The van der Waals surface area contributed by atoms with Gasteiger partial charge in [0.25, 0.3) is 11.3 Å². The fourth-order valence-corrected chi connectivity index (χ4v) is 4.06. The third-order valence-corrected chi connectivity index (χ3v) is 5.82. The molecule has 0 aliphatic heterocycles. The van der Waals surface area contributed by atoms with Crippen molar-refractivity contribution in [3.05, 3.63) is 65.0 Å². The molecule has 0 bridgehead atoms. The number of amides is 2. The molecule has 0 saturated carbocycles. The zero-order chi connectivity index (χ0) is 28.7. The lowest BCUT2D eigenvalue weighted by molar-refractivity contribution is -0.151. The van der Waals surface area contributed by atoms with Crippen LogP contribution in [0.15, 0.2) is 59.4 Å². The van der Waals surface area contributed by atoms with E-state index in [0.29, 0.717) is 22.0 Å². The van der Waals surface area contributed by atoms with Gasteiger partial charge in [-0.1, -0.05) is 62.4 Å². The summed E-state index contributed by atoms with van der Waals surface area (Å²) in [6.07, 6.45) is -4.20. The standard InChI is InChI=1S/C27H28F2N4O6/c1-15(2)12-20(25(36)31-19(13-21(28)29)24(35)27(38)39)30-22(34)14-33-26(37)18-11-7-6-10-17(18)23(32-33)16-8-4-3-5-9-16/h3-11,15,19-21H,12-14H2,1-2H3,(H,30,34)(H,31,36)(H,38,39)/t19-,20-/m0/s1. The van der Waals surface area contributed by atoms with E-state index in [2.05, 4.69) is 10.4 Å². The Balaban J connectivity index is 1.87. The van der Waals surface area contributed by atoms with Gasteiger partial charge in [0.05, 0.1) is 11.1 Å². The highest BCUT2D eigenvalue weighted by atomic mass is 19.3. The Morgan fingerprint density at radius 2 is 1.51 bits per heavy atom. The molecule has 0 spiro atoms. The first-order valence-electron chi connectivity index (χ1n) is 12.2. The number of aromatic nitrogens is 2. The summed E-state index contributed by atoms with van der Waals surface area (Å²) in [7, 11) is 0. The average molecular weight is 543 g/mol. The molecule has 3 rings (SSSR count). The monoisotopic (exact) mass is 542 g/mol. The van der Waals surface area contributed by atoms with Crippen LogP contribution in [0.25, 0.3) is 22.0 Å². The number of fused-ring (bicyclic) bond motifs is 1. The average Bonchev–Trinajstić information content (AvgIpc) is 2.89. The SMILES string of the molecule is CC(C)C[C@H](NC(=O)Cn1nc(-c2ccccc2)c2ccccc2c1=O)C(=O)N[C@@H](CC(F)F)C(=O)C(=O)O. The molecule has 2 aromatic carbocycles. The fourth-order valence-electron chi connectivity index (χ4n) is 4.06. The number of hydrogen-bond acceptors (Lipinski definition) is 6. The van der Waals surface area contributed by atoms with E-state index in [1.54, 1.807) is 62.4 Å². The lowest BCUT2D eigenvalue weighted by Crippen LogP contribution is -2.54. The number of aliphatic carboxylic acids is 1. The van der Waals surface area contributed by atoms with E-state index >= 15 is 0 Å². The summed E-state index contributed by atoms with van der Waals surface area (Å²) in [4.78, 5) is 61.8. The second-order valence-corrected chi connectivity index (χ2v) is 9.33. The van der Waals surface area contributed by atoms with Crippen LogP contribution in [-0.2, 0) is 25.7 Å². The van der Waals surface area contributed by atoms with Gasteiger partial charge in [0, 0.05) is 17.4 Å². The Hall–Kier alpha value is -4.48. The summed E-state index contributed by atoms with van der Waals surface area (Å²) in [6.45, 7) is 2.93. The molecule has 206 valence electrons. The number of Topliss-reactive ketones (excluding diaryl/α,β-unsaturated/α-hetero) is 1. The van der Waals surface area contributed by atoms with Crippen molar-refractivity contribution in [3.63, 3.8) is 0 Å². The molecular weight excluding hydrogens is 514 g/mol. The number of rotatable bonds is 12. The second kappa shape index (κ2) is 12.9. The maximum absolute atomic E-state index is 13.1. The maximum atomic E-state index is 13.1. The van der Waals surface area contributed by atoms with E-state index < -0.39 is 60.6 Å². The van der Waals surface area contributed by atoms with E-state index in [-0.39, 0.29) is 12.3 Å². The van der Waals surface area contributed by atoms with Crippen molar-refractivity contribution < 1.29 is 33.1 Å². The number of benzene rings is 2. The minimum absolute atomic E-state index is 0.0511. The smallest absolute Gasteiger partial charge is 0.374 e. The molecule has 3 aromatic rings. The maximum Gasteiger partial charge on any atom is 0.374 e. The summed E-state index contributed by atoms with van der Waals surface area (Å²) in [6, 6.07) is 12.6. The van der Waals surface area contributed by atoms with Crippen molar-refractivity contribution in [1.29, 1.82) is 0 Å². The minimum atomic E-state index is -3.05. The van der Waals surface area contributed by atoms with E-state index in [4.69, 9.17) is 5.11 Å². The summed E-state index contributed by atoms with van der Waals surface area (Å²) in [5, 5.41) is 18.7. The van der Waals surface area contributed by atoms with Gasteiger partial charge in [0.1, 0.15) is 18.6 Å². The Labute approximate surface area is 222 Å². The van der Waals surface area contributed by atoms with Crippen molar-refractivity contribution in [3.8, 4) is 11.3 Å².